The van der Waals surface area contributed by atoms with Crippen LogP contribution in [-0.2, 0) is 9.59 Å². The van der Waals surface area contributed by atoms with E-state index in [0.717, 1.165) is 80.7 Å². The van der Waals surface area contributed by atoms with Crippen LogP contribution in [-0.4, -0.2) is 117 Å². The maximum Gasteiger partial charge on any atom is 0.262 e. The molecule has 0 bridgehead atoms. The number of halogens is 3. The zero-order valence-corrected chi connectivity index (χ0v) is 36.1. The molecular weight excluding hydrogens is 864 g/mol. The highest BCUT2D eigenvalue weighted by Gasteiger charge is 2.45. The molecule has 5 aromatic rings. The number of carbonyl (C=O) groups excluding carboxylic acids is 5. The molecule has 4 aliphatic heterocycles. The molecule has 3 saturated heterocycles. The molecule has 0 unspecified atom stereocenters. The number of piperidine rings is 2. The van der Waals surface area contributed by atoms with Gasteiger partial charge in [-0.25, -0.2) is 19.3 Å². The van der Waals surface area contributed by atoms with Gasteiger partial charge in [0, 0.05) is 75.7 Å². The lowest BCUT2D eigenvalue weighted by Gasteiger charge is -2.40. The number of nitrogens with one attached hydrogen (secondary N) is 3. The van der Waals surface area contributed by atoms with Crippen molar-refractivity contribution in [3.63, 3.8) is 0 Å². The van der Waals surface area contributed by atoms with E-state index in [9.17, 15) is 24.0 Å². The molecule has 4 fully saturated rings. The molecule has 19 heteroatoms. The van der Waals surface area contributed by atoms with E-state index in [1.807, 2.05) is 21.6 Å². The maximum atomic E-state index is 15.5. The SMILES string of the molecule is O=C1CC[C@H](N2C(=O)c3cc(F)c(N4CCN(CC5CCN(c6ccc(Nc7ncnc8c7ncn8C7CC(NC(=O)c8c(Cl)cccc8Cl)C7)cc6)CC5)CC4)cc3C2=O)C(=O)N1. The average molecular weight is 909 g/mol. The van der Waals surface area contributed by atoms with E-state index in [2.05, 4.69) is 52.8 Å². The minimum Gasteiger partial charge on any atom is -0.372 e. The third-order valence-corrected chi connectivity index (χ3v) is 13.9. The van der Waals surface area contributed by atoms with E-state index in [1.165, 1.54) is 12.4 Å². The van der Waals surface area contributed by atoms with Gasteiger partial charge in [-0.05, 0) is 86.6 Å². The van der Waals surface area contributed by atoms with Gasteiger partial charge in [0.15, 0.2) is 17.0 Å². The van der Waals surface area contributed by atoms with Crippen LogP contribution in [0.5, 0.6) is 0 Å². The summed E-state index contributed by atoms with van der Waals surface area (Å²) in [5.74, 6) is -2.25. The molecule has 3 N–H and O–H groups in total. The normalized spacial score (nSPS) is 21.9. The van der Waals surface area contributed by atoms with Gasteiger partial charge in [0.2, 0.25) is 11.8 Å². The van der Waals surface area contributed by atoms with Crippen LogP contribution in [0.15, 0.2) is 67.3 Å². The molecule has 0 spiro atoms. The van der Waals surface area contributed by atoms with Gasteiger partial charge in [0.1, 0.15) is 18.2 Å². The largest absolute Gasteiger partial charge is 0.372 e. The predicted octanol–water partition coefficient (Wildman–Crippen LogP) is 5.59. The summed E-state index contributed by atoms with van der Waals surface area (Å²) in [7, 11) is 0. The summed E-state index contributed by atoms with van der Waals surface area (Å²) in [6.45, 7) is 5.43. The van der Waals surface area contributed by atoms with Crippen LogP contribution in [0.2, 0.25) is 10.0 Å². The molecule has 1 atom stereocenters. The lowest BCUT2D eigenvalue weighted by atomic mass is 9.86. The van der Waals surface area contributed by atoms with Crippen molar-refractivity contribution in [1.29, 1.82) is 0 Å². The fourth-order valence-electron chi connectivity index (χ4n) is 9.64. The summed E-state index contributed by atoms with van der Waals surface area (Å²) in [5.41, 5.74) is 3.98. The maximum absolute atomic E-state index is 15.5. The molecule has 5 amide bonds. The standard InChI is InChI=1S/C45H44Cl2FN11O5/c46-32-2-1-3-33(47)38(32)43(62)53-27-18-29(19-27)58-24-51-39-40(49-23-50-41(39)58)52-26-4-6-28(7-5-26)56-12-10-25(11-13-56)22-55-14-16-57(17-15-55)36-21-31-30(20-34(36)48)44(63)59(45(31)64)35-8-9-37(60)54-42(35)61/h1-7,20-21,23-25,27,29,35H,8-19,22H2,(H,53,62)(H,49,50,52)(H,54,60,61)/t27?,29?,35-/m0/s1. The first-order valence-corrected chi connectivity index (χ1v) is 22.3. The average Bonchev–Trinajstić information content (AvgIpc) is 3.80. The molecule has 2 aromatic heterocycles. The Morgan fingerprint density at radius 3 is 2.23 bits per heavy atom. The lowest BCUT2D eigenvalue weighted by Crippen LogP contribution is -2.54. The number of amides is 5. The van der Waals surface area contributed by atoms with E-state index < -0.39 is 35.5 Å². The first-order chi connectivity index (χ1) is 31.0. The van der Waals surface area contributed by atoms with E-state index in [4.69, 9.17) is 23.2 Å². The van der Waals surface area contributed by atoms with Crippen molar-refractivity contribution in [2.75, 3.05) is 60.9 Å². The minimum atomic E-state index is -1.10. The third kappa shape index (κ3) is 7.89. The number of benzene rings is 3. The van der Waals surface area contributed by atoms with Crippen LogP contribution >= 0.6 is 23.2 Å². The number of rotatable bonds is 10. The topological polar surface area (TPSA) is 178 Å². The number of anilines is 4. The van der Waals surface area contributed by atoms with Crippen LogP contribution in [0.4, 0.5) is 27.3 Å². The summed E-state index contributed by atoms with van der Waals surface area (Å²) >= 11 is 12.5. The van der Waals surface area contributed by atoms with Crippen molar-refractivity contribution >= 4 is 86.8 Å². The van der Waals surface area contributed by atoms with Crippen LogP contribution in [0.1, 0.15) is 75.6 Å². The summed E-state index contributed by atoms with van der Waals surface area (Å²) in [6.07, 6.45) is 6.89. The van der Waals surface area contributed by atoms with Crippen molar-refractivity contribution < 1.29 is 28.4 Å². The molecular formula is C45H44Cl2FN11O5. The zero-order chi connectivity index (χ0) is 44.2. The summed E-state index contributed by atoms with van der Waals surface area (Å²) in [6, 6.07) is 14.9. The molecule has 64 heavy (non-hydrogen) atoms. The Kier molecular flexibility index (Phi) is 11.2. The van der Waals surface area contributed by atoms with Crippen molar-refractivity contribution in [2.24, 2.45) is 5.92 Å². The highest BCUT2D eigenvalue weighted by atomic mass is 35.5. The van der Waals surface area contributed by atoms with Gasteiger partial charge in [-0.3, -0.25) is 39.1 Å². The monoisotopic (exact) mass is 907 g/mol. The van der Waals surface area contributed by atoms with Crippen molar-refractivity contribution in [3.05, 3.63) is 99.8 Å². The van der Waals surface area contributed by atoms with E-state index in [1.54, 1.807) is 24.5 Å². The van der Waals surface area contributed by atoms with Crippen LogP contribution < -0.4 is 25.8 Å². The number of aromatic nitrogens is 4. The summed E-state index contributed by atoms with van der Waals surface area (Å²) in [4.78, 5) is 84.7. The van der Waals surface area contributed by atoms with Gasteiger partial charge in [0.05, 0.1) is 38.8 Å². The van der Waals surface area contributed by atoms with Crippen molar-refractivity contribution in [3.8, 4) is 0 Å². The Morgan fingerprint density at radius 2 is 1.53 bits per heavy atom. The fraction of sp³-hybridized carbons (Fsp3) is 0.378. The van der Waals surface area contributed by atoms with Gasteiger partial charge >= 0.3 is 0 Å². The Morgan fingerprint density at radius 1 is 0.828 bits per heavy atom. The van der Waals surface area contributed by atoms with Gasteiger partial charge in [-0.2, -0.15) is 0 Å². The predicted molar refractivity (Wildman–Crippen MR) is 238 cm³/mol. The highest BCUT2D eigenvalue weighted by Crippen LogP contribution is 2.37. The molecule has 16 nitrogen and oxygen atoms in total. The molecule has 6 heterocycles. The van der Waals surface area contributed by atoms with Crippen molar-refractivity contribution in [1.82, 2.24) is 40.0 Å². The van der Waals surface area contributed by atoms with E-state index in [-0.39, 0.29) is 53.2 Å². The first kappa shape index (κ1) is 41.8. The minimum absolute atomic E-state index is 0.0173. The molecule has 0 radical (unpaired) electrons. The number of carbonyl (C=O) groups is 5. The Bertz CT molecular complexity index is 2670. The second-order valence-electron chi connectivity index (χ2n) is 17.1. The second kappa shape index (κ2) is 17.1. The fourth-order valence-corrected chi connectivity index (χ4v) is 10.2. The van der Waals surface area contributed by atoms with Crippen LogP contribution in [0.25, 0.3) is 11.2 Å². The molecule has 1 saturated carbocycles. The number of hydrogen-bond acceptors (Lipinski definition) is 12. The first-order valence-electron chi connectivity index (χ1n) is 21.6. The molecule has 3 aromatic carbocycles. The molecule has 330 valence electrons. The number of piperazine rings is 1. The Balaban J connectivity index is 0.689. The van der Waals surface area contributed by atoms with Gasteiger partial charge < -0.3 is 25.0 Å². The highest BCUT2D eigenvalue weighted by molar-refractivity contribution is 6.39. The van der Waals surface area contributed by atoms with Crippen LogP contribution in [0.3, 0.4) is 0 Å². The third-order valence-electron chi connectivity index (χ3n) is 13.2. The summed E-state index contributed by atoms with van der Waals surface area (Å²) in [5, 5.41) is 9.28. The van der Waals surface area contributed by atoms with Crippen LogP contribution in [0, 0.1) is 11.7 Å². The number of nitrogens with zero attached hydrogens (tertiary/aromatic N) is 8. The van der Waals surface area contributed by atoms with E-state index >= 15 is 4.39 Å². The van der Waals surface area contributed by atoms with Gasteiger partial charge in [0.25, 0.3) is 17.7 Å². The smallest absolute Gasteiger partial charge is 0.262 e. The number of fused-ring (bicyclic) bond motifs is 2. The Hall–Kier alpha value is -6.17. The number of hydrogen-bond donors (Lipinski definition) is 3. The quantitative estimate of drug-likeness (QED) is 0.148. The van der Waals surface area contributed by atoms with Gasteiger partial charge in [-0.1, -0.05) is 29.3 Å². The zero-order valence-electron chi connectivity index (χ0n) is 34.6. The summed E-state index contributed by atoms with van der Waals surface area (Å²) < 4.78 is 17.5. The Labute approximate surface area is 377 Å². The second-order valence-corrected chi connectivity index (χ2v) is 17.9. The number of imide groups is 2. The lowest BCUT2D eigenvalue weighted by molar-refractivity contribution is -0.136. The van der Waals surface area contributed by atoms with E-state index in [0.29, 0.717) is 46.0 Å². The molecule has 1 aliphatic carbocycles. The number of imidazole rings is 1. The molecule has 10 rings (SSSR count). The van der Waals surface area contributed by atoms with Crippen molar-refractivity contribution in [2.45, 2.75) is 56.7 Å². The molecule has 5 aliphatic rings. The van der Waals surface area contributed by atoms with Gasteiger partial charge in [-0.15, -0.1) is 0 Å².